The monoisotopic (exact) mass is 485 g/mol. The summed E-state index contributed by atoms with van der Waals surface area (Å²) in [6.45, 7) is 2.70. The summed E-state index contributed by atoms with van der Waals surface area (Å²) < 4.78 is 1.90. The quantitative estimate of drug-likeness (QED) is 0.293. The Balaban J connectivity index is 1.25. The van der Waals surface area contributed by atoms with Crippen LogP contribution in [0.2, 0.25) is 5.02 Å². The van der Waals surface area contributed by atoms with Gasteiger partial charge in [0.05, 0.1) is 36.0 Å². The first kappa shape index (κ1) is 21.1. The molecule has 0 spiro atoms. The molecular formula is C24H20ClN9O. The number of anilines is 1. The first-order valence-electron chi connectivity index (χ1n) is 10.9. The van der Waals surface area contributed by atoms with Crippen LogP contribution in [0.25, 0.3) is 33.1 Å². The molecule has 0 bridgehead atoms. The maximum Gasteiger partial charge on any atom is 0.251 e. The number of amides is 1. The third kappa shape index (κ3) is 3.83. The second kappa shape index (κ2) is 8.10. The number of benzene rings is 2. The fourth-order valence-corrected chi connectivity index (χ4v) is 4.56. The number of carbonyl (C=O) groups is 1. The van der Waals surface area contributed by atoms with Crippen molar-refractivity contribution in [2.75, 3.05) is 5.73 Å². The molecule has 35 heavy (non-hydrogen) atoms. The van der Waals surface area contributed by atoms with E-state index in [9.17, 15) is 4.79 Å². The fourth-order valence-electron chi connectivity index (χ4n) is 4.31. The summed E-state index contributed by atoms with van der Waals surface area (Å²) in [5.74, 6) is 0.973. The first-order chi connectivity index (χ1) is 16.9. The molecule has 0 aliphatic carbocycles. The molecule has 0 unspecified atom stereocenters. The second-order valence-corrected chi connectivity index (χ2v) is 8.80. The van der Waals surface area contributed by atoms with E-state index in [4.69, 9.17) is 17.3 Å². The second-order valence-electron chi connectivity index (χ2n) is 8.36. The van der Waals surface area contributed by atoms with Crippen LogP contribution in [-0.4, -0.2) is 40.4 Å². The van der Waals surface area contributed by atoms with Gasteiger partial charge >= 0.3 is 0 Å². The van der Waals surface area contributed by atoms with Gasteiger partial charge in [0.2, 0.25) is 0 Å². The van der Waals surface area contributed by atoms with E-state index in [1.807, 2.05) is 35.8 Å². The molecule has 0 saturated heterocycles. The zero-order valence-corrected chi connectivity index (χ0v) is 19.4. The minimum atomic E-state index is -0.174. The Morgan fingerprint density at radius 3 is 2.91 bits per heavy atom. The van der Waals surface area contributed by atoms with Crippen molar-refractivity contribution in [2.45, 2.75) is 20.0 Å². The number of carbonyl (C=O) groups excluding carboxylic acids is 1. The maximum atomic E-state index is 12.8. The van der Waals surface area contributed by atoms with Gasteiger partial charge in [-0.3, -0.25) is 4.79 Å². The standard InChI is InChI=1S/C24H20ClN9O/c1-12-31-18-3-2-13(7-19(18)32-12)24(35)27-8-17-6-14-4-16(25)5-15(20(14)33-17)9-34-11-30-21-22(26)28-10-29-23(21)34/h2-7,10-11,33H,8-9H2,1H3,(H,27,35)(H,31,32)(H2,26,28,29). The predicted octanol–water partition coefficient (Wildman–Crippen LogP) is 3.71. The van der Waals surface area contributed by atoms with E-state index in [2.05, 4.69) is 35.2 Å². The van der Waals surface area contributed by atoms with E-state index in [-0.39, 0.29) is 5.91 Å². The van der Waals surface area contributed by atoms with Gasteiger partial charge in [-0.2, -0.15) is 0 Å². The van der Waals surface area contributed by atoms with Gasteiger partial charge in [0, 0.05) is 21.7 Å². The number of hydrogen-bond donors (Lipinski definition) is 4. The van der Waals surface area contributed by atoms with Crippen molar-refractivity contribution in [3.63, 3.8) is 0 Å². The molecule has 0 atom stereocenters. The van der Waals surface area contributed by atoms with Gasteiger partial charge in [-0.15, -0.1) is 0 Å². The number of H-pyrrole nitrogens is 2. The molecule has 0 saturated carbocycles. The van der Waals surface area contributed by atoms with E-state index in [1.165, 1.54) is 6.33 Å². The topological polar surface area (TPSA) is 143 Å². The molecule has 0 aliphatic heterocycles. The molecule has 2 aromatic carbocycles. The van der Waals surface area contributed by atoms with Crippen LogP contribution in [-0.2, 0) is 13.1 Å². The summed E-state index contributed by atoms with van der Waals surface area (Å²) in [6, 6.07) is 11.2. The van der Waals surface area contributed by atoms with Crippen LogP contribution in [0.1, 0.15) is 27.4 Å². The Bertz CT molecular complexity index is 1750. The van der Waals surface area contributed by atoms with E-state index in [0.717, 1.165) is 39.0 Å². The molecule has 0 aliphatic rings. The van der Waals surface area contributed by atoms with Crippen molar-refractivity contribution < 1.29 is 4.79 Å². The van der Waals surface area contributed by atoms with Gasteiger partial charge in [-0.1, -0.05) is 11.6 Å². The van der Waals surface area contributed by atoms with Crippen LogP contribution in [0.3, 0.4) is 0 Å². The number of halogens is 1. The summed E-state index contributed by atoms with van der Waals surface area (Å²) in [5.41, 5.74) is 12.1. The maximum absolute atomic E-state index is 12.8. The van der Waals surface area contributed by atoms with Gasteiger partial charge < -0.3 is 25.6 Å². The lowest BCUT2D eigenvalue weighted by Crippen LogP contribution is -2.22. The zero-order valence-electron chi connectivity index (χ0n) is 18.6. The summed E-state index contributed by atoms with van der Waals surface area (Å²) in [4.78, 5) is 36.4. The van der Waals surface area contributed by atoms with Crippen molar-refractivity contribution in [1.82, 2.24) is 39.8 Å². The summed E-state index contributed by atoms with van der Waals surface area (Å²) >= 11 is 6.41. The Kier molecular flexibility index (Phi) is 4.89. The molecule has 6 rings (SSSR count). The number of nitrogens with zero attached hydrogens (tertiary/aromatic N) is 5. The van der Waals surface area contributed by atoms with Crippen molar-refractivity contribution in [3.05, 3.63) is 76.7 Å². The van der Waals surface area contributed by atoms with Crippen LogP contribution in [0, 0.1) is 6.92 Å². The molecule has 174 valence electrons. The molecule has 1 amide bonds. The fraction of sp³-hybridized carbons (Fsp3) is 0.125. The highest BCUT2D eigenvalue weighted by molar-refractivity contribution is 6.31. The SMILES string of the molecule is Cc1nc2cc(C(=O)NCc3cc4cc(Cl)cc(Cn5cnc6c(N)ncnc65)c4[nH]3)ccc2[nH]1. The van der Waals surface area contributed by atoms with Crippen LogP contribution in [0.5, 0.6) is 0 Å². The summed E-state index contributed by atoms with van der Waals surface area (Å²) in [6.07, 6.45) is 3.11. The number of aromatic amines is 2. The number of nitrogen functional groups attached to an aromatic ring is 1. The smallest absolute Gasteiger partial charge is 0.251 e. The highest BCUT2D eigenvalue weighted by atomic mass is 35.5. The number of rotatable bonds is 5. The van der Waals surface area contributed by atoms with Gasteiger partial charge in [-0.25, -0.2) is 19.9 Å². The molecule has 10 nitrogen and oxygen atoms in total. The minimum absolute atomic E-state index is 0.174. The van der Waals surface area contributed by atoms with Gasteiger partial charge in [-0.05, 0) is 48.9 Å². The number of fused-ring (bicyclic) bond motifs is 3. The van der Waals surface area contributed by atoms with E-state index >= 15 is 0 Å². The zero-order chi connectivity index (χ0) is 24.1. The lowest BCUT2D eigenvalue weighted by atomic mass is 10.1. The van der Waals surface area contributed by atoms with Crippen molar-refractivity contribution in [1.29, 1.82) is 0 Å². The summed E-state index contributed by atoms with van der Waals surface area (Å²) in [5, 5.41) is 4.53. The summed E-state index contributed by atoms with van der Waals surface area (Å²) in [7, 11) is 0. The van der Waals surface area contributed by atoms with Crippen LogP contribution >= 0.6 is 11.6 Å². The third-order valence-corrected chi connectivity index (χ3v) is 6.12. The number of nitrogens with two attached hydrogens (primary N) is 1. The largest absolute Gasteiger partial charge is 0.382 e. The van der Waals surface area contributed by atoms with Crippen LogP contribution < -0.4 is 11.1 Å². The Hall–Kier alpha value is -4.44. The van der Waals surface area contributed by atoms with E-state index in [1.54, 1.807) is 18.5 Å². The number of hydrogen-bond acceptors (Lipinski definition) is 6. The van der Waals surface area contributed by atoms with Crippen LogP contribution in [0.15, 0.2) is 49.1 Å². The number of nitrogens with one attached hydrogen (secondary N) is 3. The van der Waals surface area contributed by atoms with Crippen LogP contribution in [0.4, 0.5) is 5.82 Å². The Labute approximate surface area is 203 Å². The molecule has 0 fully saturated rings. The van der Waals surface area contributed by atoms with Crippen molar-refractivity contribution >= 4 is 56.4 Å². The first-order valence-corrected chi connectivity index (χ1v) is 11.3. The molecular weight excluding hydrogens is 466 g/mol. The van der Waals surface area contributed by atoms with Gasteiger partial charge in [0.1, 0.15) is 17.7 Å². The molecule has 4 aromatic heterocycles. The average Bonchev–Trinajstić information content (AvgIpc) is 3.53. The van der Waals surface area contributed by atoms with E-state index in [0.29, 0.717) is 40.7 Å². The molecule has 6 aromatic rings. The molecule has 5 N–H and O–H groups in total. The average molecular weight is 486 g/mol. The molecule has 11 heteroatoms. The normalized spacial score (nSPS) is 11.6. The lowest BCUT2D eigenvalue weighted by Gasteiger charge is -2.07. The molecule has 4 heterocycles. The highest BCUT2D eigenvalue weighted by Crippen LogP contribution is 2.27. The Morgan fingerprint density at radius 2 is 2.03 bits per heavy atom. The molecule has 0 radical (unpaired) electrons. The van der Waals surface area contributed by atoms with Gasteiger partial charge in [0.15, 0.2) is 11.5 Å². The number of imidazole rings is 2. The predicted molar refractivity (Wildman–Crippen MR) is 134 cm³/mol. The van der Waals surface area contributed by atoms with E-state index < -0.39 is 0 Å². The van der Waals surface area contributed by atoms with Gasteiger partial charge in [0.25, 0.3) is 5.91 Å². The number of aromatic nitrogens is 7. The minimum Gasteiger partial charge on any atom is -0.382 e. The lowest BCUT2D eigenvalue weighted by molar-refractivity contribution is 0.0950. The Morgan fingerprint density at radius 1 is 1.14 bits per heavy atom. The van der Waals surface area contributed by atoms with Crippen molar-refractivity contribution in [2.24, 2.45) is 0 Å². The van der Waals surface area contributed by atoms with Crippen molar-refractivity contribution in [3.8, 4) is 0 Å². The third-order valence-electron chi connectivity index (χ3n) is 5.90. The number of aryl methyl sites for hydroxylation is 1. The highest BCUT2D eigenvalue weighted by Gasteiger charge is 2.14.